The first kappa shape index (κ1) is 10.9. The number of hydrogen-bond acceptors (Lipinski definition) is 3. The van der Waals surface area contributed by atoms with E-state index in [0.29, 0.717) is 23.4 Å². The largest absolute Gasteiger partial charge is 0.488 e. The van der Waals surface area contributed by atoms with Crippen LogP contribution in [0.15, 0.2) is 22.7 Å². The average molecular weight is 277 g/mol. The van der Waals surface area contributed by atoms with E-state index in [1.807, 2.05) is 0 Å². The number of ether oxygens (including phenoxy) is 3. The van der Waals surface area contributed by atoms with E-state index >= 15 is 0 Å². The molecule has 0 saturated carbocycles. The van der Waals surface area contributed by atoms with Crippen LogP contribution >= 0.6 is 15.9 Å². The van der Waals surface area contributed by atoms with Crippen molar-refractivity contribution >= 4 is 15.9 Å². The van der Waals surface area contributed by atoms with Crippen LogP contribution in [0.4, 0.5) is 4.39 Å². The monoisotopic (exact) mass is 276 g/mol. The van der Waals surface area contributed by atoms with Crippen LogP contribution in [0, 0.1) is 5.82 Å². The Labute approximate surface area is 95.3 Å². The second kappa shape index (κ2) is 4.92. The lowest BCUT2D eigenvalue weighted by molar-refractivity contribution is -0.0684. The Balaban J connectivity index is 1.92. The summed E-state index contributed by atoms with van der Waals surface area (Å²) in [4.78, 5) is 0. The SMILES string of the molecule is Fc1cc(Br)cc(OCC2OCCO2)c1. The maximum Gasteiger partial charge on any atom is 0.191 e. The Kier molecular flexibility index (Phi) is 3.56. The van der Waals surface area contributed by atoms with Gasteiger partial charge in [0.2, 0.25) is 0 Å². The zero-order valence-electron chi connectivity index (χ0n) is 7.91. The van der Waals surface area contributed by atoms with Gasteiger partial charge in [-0.3, -0.25) is 0 Å². The summed E-state index contributed by atoms with van der Waals surface area (Å²) in [5, 5.41) is 0. The first-order valence-corrected chi connectivity index (χ1v) is 5.35. The van der Waals surface area contributed by atoms with Gasteiger partial charge in [-0.15, -0.1) is 0 Å². The van der Waals surface area contributed by atoms with Gasteiger partial charge in [-0.25, -0.2) is 4.39 Å². The number of benzene rings is 1. The van der Waals surface area contributed by atoms with Crippen LogP contribution in [0.5, 0.6) is 5.75 Å². The van der Waals surface area contributed by atoms with Crippen molar-refractivity contribution in [2.75, 3.05) is 19.8 Å². The van der Waals surface area contributed by atoms with Crippen LogP contribution in [0.2, 0.25) is 0 Å². The molecule has 1 aromatic carbocycles. The Bertz CT molecular complexity index is 319. The molecule has 1 saturated heterocycles. The molecule has 3 nitrogen and oxygen atoms in total. The summed E-state index contributed by atoms with van der Waals surface area (Å²) in [6, 6.07) is 4.38. The molecular formula is C10H10BrFO3. The van der Waals surface area contributed by atoms with E-state index in [-0.39, 0.29) is 18.7 Å². The summed E-state index contributed by atoms with van der Waals surface area (Å²) in [6.45, 7) is 1.44. The molecule has 1 fully saturated rings. The third kappa shape index (κ3) is 3.15. The van der Waals surface area contributed by atoms with Gasteiger partial charge in [0, 0.05) is 10.5 Å². The lowest BCUT2D eigenvalue weighted by Crippen LogP contribution is -2.18. The molecule has 1 heterocycles. The van der Waals surface area contributed by atoms with Crippen molar-refractivity contribution in [1.29, 1.82) is 0 Å². The molecule has 0 unspecified atom stereocenters. The van der Waals surface area contributed by atoms with E-state index in [1.54, 1.807) is 6.07 Å². The highest BCUT2D eigenvalue weighted by Gasteiger charge is 2.16. The van der Waals surface area contributed by atoms with E-state index < -0.39 is 0 Å². The molecule has 0 N–H and O–H groups in total. The number of rotatable bonds is 3. The van der Waals surface area contributed by atoms with Crippen LogP contribution in [-0.4, -0.2) is 26.1 Å². The van der Waals surface area contributed by atoms with Gasteiger partial charge in [-0.2, -0.15) is 0 Å². The highest BCUT2D eigenvalue weighted by molar-refractivity contribution is 9.10. The average Bonchev–Trinajstić information content (AvgIpc) is 2.65. The van der Waals surface area contributed by atoms with Crippen molar-refractivity contribution in [3.63, 3.8) is 0 Å². The molecule has 82 valence electrons. The van der Waals surface area contributed by atoms with Crippen LogP contribution < -0.4 is 4.74 Å². The fourth-order valence-corrected chi connectivity index (χ4v) is 1.72. The summed E-state index contributed by atoms with van der Waals surface area (Å²) in [6.07, 6.45) is -0.341. The minimum Gasteiger partial charge on any atom is -0.488 e. The molecule has 2 rings (SSSR count). The second-order valence-electron chi connectivity index (χ2n) is 3.09. The zero-order valence-corrected chi connectivity index (χ0v) is 9.50. The fraction of sp³-hybridized carbons (Fsp3) is 0.400. The molecular weight excluding hydrogens is 267 g/mol. The highest BCUT2D eigenvalue weighted by atomic mass is 79.9. The molecule has 1 aromatic rings. The van der Waals surface area contributed by atoms with Crippen LogP contribution in [-0.2, 0) is 9.47 Å². The van der Waals surface area contributed by atoms with Crippen molar-refractivity contribution in [3.05, 3.63) is 28.5 Å². The minimum atomic E-state index is -0.341. The minimum absolute atomic E-state index is 0.274. The first-order valence-electron chi connectivity index (χ1n) is 4.56. The Morgan fingerprint density at radius 3 is 2.73 bits per heavy atom. The lowest BCUT2D eigenvalue weighted by Gasteiger charge is -2.11. The second-order valence-corrected chi connectivity index (χ2v) is 4.00. The quantitative estimate of drug-likeness (QED) is 0.848. The van der Waals surface area contributed by atoms with Gasteiger partial charge in [0.15, 0.2) is 6.29 Å². The van der Waals surface area contributed by atoms with Gasteiger partial charge in [0.1, 0.15) is 18.2 Å². The lowest BCUT2D eigenvalue weighted by atomic mass is 10.3. The van der Waals surface area contributed by atoms with Gasteiger partial charge >= 0.3 is 0 Å². The van der Waals surface area contributed by atoms with Gasteiger partial charge < -0.3 is 14.2 Å². The molecule has 0 amide bonds. The molecule has 1 aliphatic heterocycles. The zero-order chi connectivity index (χ0) is 10.7. The van der Waals surface area contributed by atoms with Crippen molar-refractivity contribution in [2.45, 2.75) is 6.29 Å². The third-order valence-corrected chi connectivity index (χ3v) is 2.37. The van der Waals surface area contributed by atoms with E-state index in [0.717, 1.165) is 0 Å². The van der Waals surface area contributed by atoms with Crippen molar-refractivity contribution in [1.82, 2.24) is 0 Å². The molecule has 0 bridgehead atoms. The number of hydrogen-bond donors (Lipinski definition) is 0. The summed E-state index contributed by atoms with van der Waals surface area (Å²) in [5.74, 6) is 0.119. The fourth-order valence-electron chi connectivity index (χ4n) is 1.28. The maximum atomic E-state index is 13.0. The predicted molar refractivity (Wildman–Crippen MR) is 55.3 cm³/mol. The van der Waals surface area contributed by atoms with Crippen molar-refractivity contribution in [3.8, 4) is 5.75 Å². The summed E-state index contributed by atoms with van der Waals surface area (Å²) in [5.41, 5.74) is 0. The van der Waals surface area contributed by atoms with E-state index in [2.05, 4.69) is 15.9 Å². The first-order chi connectivity index (χ1) is 7.24. The maximum absolute atomic E-state index is 13.0. The highest BCUT2D eigenvalue weighted by Crippen LogP contribution is 2.21. The molecule has 0 radical (unpaired) electrons. The van der Waals surface area contributed by atoms with Crippen LogP contribution in [0.3, 0.4) is 0 Å². The third-order valence-electron chi connectivity index (χ3n) is 1.91. The Morgan fingerprint density at radius 1 is 1.33 bits per heavy atom. The van der Waals surface area contributed by atoms with Gasteiger partial charge in [-0.05, 0) is 12.1 Å². The summed E-state index contributed by atoms with van der Waals surface area (Å²) >= 11 is 3.18. The summed E-state index contributed by atoms with van der Waals surface area (Å²) < 4.78 is 29.3. The van der Waals surface area contributed by atoms with Gasteiger partial charge in [-0.1, -0.05) is 15.9 Å². The molecule has 0 aliphatic carbocycles. The van der Waals surface area contributed by atoms with Gasteiger partial charge in [0.05, 0.1) is 13.2 Å². The Hall–Kier alpha value is -0.650. The molecule has 15 heavy (non-hydrogen) atoms. The predicted octanol–water partition coefficient (Wildman–Crippen LogP) is 2.34. The standard InChI is InChI=1S/C10H10BrFO3/c11-7-3-8(12)5-9(4-7)15-6-10-13-1-2-14-10/h3-5,10H,1-2,6H2. The molecule has 5 heteroatoms. The van der Waals surface area contributed by atoms with Crippen molar-refractivity contribution < 1.29 is 18.6 Å². The van der Waals surface area contributed by atoms with Crippen molar-refractivity contribution in [2.24, 2.45) is 0 Å². The summed E-state index contributed by atoms with van der Waals surface area (Å²) in [7, 11) is 0. The van der Waals surface area contributed by atoms with Gasteiger partial charge in [0.25, 0.3) is 0 Å². The van der Waals surface area contributed by atoms with E-state index in [4.69, 9.17) is 14.2 Å². The van der Waals surface area contributed by atoms with Crippen LogP contribution in [0.1, 0.15) is 0 Å². The van der Waals surface area contributed by atoms with E-state index in [1.165, 1.54) is 12.1 Å². The van der Waals surface area contributed by atoms with E-state index in [9.17, 15) is 4.39 Å². The number of halogens is 2. The normalized spacial score (nSPS) is 16.9. The Morgan fingerprint density at radius 2 is 2.07 bits per heavy atom. The topological polar surface area (TPSA) is 27.7 Å². The van der Waals surface area contributed by atoms with Crippen LogP contribution in [0.25, 0.3) is 0 Å². The molecule has 1 aliphatic rings. The molecule has 0 spiro atoms. The molecule has 0 aromatic heterocycles. The smallest absolute Gasteiger partial charge is 0.191 e. The molecule has 0 atom stereocenters.